The molecule has 0 fully saturated rings. The van der Waals surface area contributed by atoms with Gasteiger partial charge in [-0.05, 0) is 18.2 Å². The number of amides is 1. The predicted molar refractivity (Wildman–Crippen MR) is 56.2 cm³/mol. The van der Waals surface area contributed by atoms with E-state index in [2.05, 4.69) is 5.32 Å². The Balaban J connectivity index is 3.36. The standard InChI is InChI=1S/C8H9ClN2O3S/c1-11-8(12)5-2-3-6(9)7(4-5)15(10,13)14/h2-4H,1H3,(H,11,12)(H2,10,13,14). The summed E-state index contributed by atoms with van der Waals surface area (Å²) in [6.45, 7) is 0. The van der Waals surface area contributed by atoms with Crippen molar-refractivity contribution in [2.45, 2.75) is 4.90 Å². The molecule has 7 heteroatoms. The van der Waals surface area contributed by atoms with Crippen molar-refractivity contribution in [3.05, 3.63) is 28.8 Å². The van der Waals surface area contributed by atoms with Gasteiger partial charge in [-0.15, -0.1) is 0 Å². The Labute approximate surface area is 92.3 Å². The lowest BCUT2D eigenvalue weighted by Crippen LogP contribution is -2.19. The minimum absolute atomic E-state index is 0.00912. The number of nitrogens with two attached hydrogens (primary N) is 1. The van der Waals surface area contributed by atoms with Crippen LogP contribution in [0.25, 0.3) is 0 Å². The molecule has 1 rings (SSSR count). The van der Waals surface area contributed by atoms with Crippen molar-refractivity contribution >= 4 is 27.5 Å². The first-order valence-corrected chi connectivity index (χ1v) is 5.83. The zero-order valence-electron chi connectivity index (χ0n) is 7.82. The molecular formula is C8H9ClN2O3S. The van der Waals surface area contributed by atoms with Crippen molar-refractivity contribution in [2.24, 2.45) is 5.14 Å². The third kappa shape index (κ3) is 2.68. The Morgan fingerprint density at radius 2 is 2.07 bits per heavy atom. The first kappa shape index (κ1) is 12.0. The zero-order chi connectivity index (χ0) is 11.6. The van der Waals surface area contributed by atoms with E-state index in [-0.39, 0.29) is 15.5 Å². The number of halogens is 1. The predicted octanol–water partition coefficient (Wildman–Crippen LogP) is 0.347. The zero-order valence-corrected chi connectivity index (χ0v) is 9.39. The van der Waals surface area contributed by atoms with Crippen molar-refractivity contribution in [1.29, 1.82) is 0 Å². The highest BCUT2D eigenvalue weighted by Gasteiger charge is 2.15. The monoisotopic (exact) mass is 248 g/mol. The molecule has 0 aliphatic carbocycles. The number of hydrogen-bond donors (Lipinski definition) is 2. The van der Waals surface area contributed by atoms with Crippen LogP contribution < -0.4 is 10.5 Å². The molecule has 1 aromatic rings. The molecule has 1 amide bonds. The van der Waals surface area contributed by atoms with Crippen molar-refractivity contribution in [3.63, 3.8) is 0 Å². The first-order chi connectivity index (χ1) is 6.86. The number of primary sulfonamides is 1. The van der Waals surface area contributed by atoms with Crippen LogP contribution in [0.5, 0.6) is 0 Å². The highest BCUT2D eigenvalue weighted by atomic mass is 35.5. The van der Waals surface area contributed by atoms with Crippen LogP contribution in [0.4, 0.5) is 0 Å². The van der Waals surface area contributed by atoms with E-state index in [0.717, 1.165) is 6.07 Å². The van der Waals surface area contributed by atoms with Crippen molar-refractivity contribution < 1.29 is 13.2 Å². The lowest BCUT2D eigenvalue weighted by molar-refractivity contribution is 0.0963. The lowest BCUT2D eigenvalue weighted by Gasteiger charge is -2.04. The smallest absolute Gasteiger partial charge is 0.251 e. The molecule has 0 saturated carbocycles. The molecule has 0 unspecified atom stereocenters. The van der Waals surface area contributed by atoms with Crippen LogP contribution in [0.3, 0.4) is 0 Å². The highest BCUT2D eigenvalue weighted by Crippen LogP contribution is 2.21. The second-order valence-electron chi connectivity index (χ2n) is 2.77. The number of rotatable bonds is 2. The second-order valence-corrected chi connectivity index (χ2v) is 4.71. The summed E-state index contributed by atoms with van der Waals surface area (Å²) in [5.41, 5.74) is 0.186. The normalized spacial score (nSPS) is 11.1. The van der Waals surface area contributed by atoms with Crippen LogP contribution >= 0.6 is 11.6 Å². The third-order valence-electron chi connectivity index (χ3n) is 1.73. The van der Waals surface area contributed by atoms with Gasteiger partial charge in [0.25, 0.3) is 5.91 Å². The fourth-order valence-corrected chi connectivity index (χ4v) is 2.08. The Morgan fingerprint density at radius 1 is 1.47 bits per heavy atom. The fourth-order valence-electron chi connectivity index (χ4n) is 1.01. The maximum atomic E-state index is 11.2. The average Bonchev–Trinajstić information content (AvgIpc) is 2.15. The van der Waals surface area contributed by atoms with E-state index in [1.807, 2.05) is 0 Å². The number of carbonyl (C=O) groups is 1. The largest absolute Gasteiger partial charge is 0.355 e. The molecule has 0 spiro atoms. The van der Waals surface area contributed by atoms with Gasteiger partial charge >= 0.3 is 0 Å². The molecule has 3 N–H and O–H groups in total. The maximum Gasteiger partial charge on any atom is 0.251 e. The van der Waals surface area contributed by atoms with Gasteiger partial charge in [0.15, 0.2) is 0 Å². The summed E-state index contributed by atoms with van der Waals surface area (Å²) in [5, 5.41) is 7.28. The van der Waals surface area contributed by atoms with Crippen molar-refractivity contribution in [2.75, 3.05) is 7.05 Å². The van der Waals surface area contributed by atoms with E-state index in [0.29, 0.717) is 0 Å². The lowest BCUT2D eigenvalue weighted by atomic mass is 10.2. The van der Waals surface area contributed by atoms with E-state index in [1.54, 1.807) is 0 Å². The summed E-state index contributed by atoms with van der Waals surface area (Å²) in [4.78, 5) is 11.0. The van der Waals surface area contributed by atoms with Crippen molar-refractivity contribution in [1.82, 2.24) is 5.32 Å². The molecule has 5 nitrogen and oxygen atoms in total. The Kier molecular flexibility index (Phi) is 3.33. The molecule has 0 atom stereocenters. The van der Waals surface area contributed by atoms with Gasteiger partial charge in [0, 0.05) is 12.6 Å². The van der Waals surface area contributed by atoms with Gasteiger partial charge < -0.3 is 5.32 Å². The van der Waals surface area contributed by atoms with Gasteiger partial charge in [0.1, 0.15) is 4.90 Å². The topological polar surface area (TPSA) is 89.3 Å². The van der Waals surface area contributed by atoms with Crippen LogP contribution in [-0.2, 0) is 10.0 Å². The summed E-state index contributed by atoms with van der Waals surface area (Å²) in [5.74, 6) is -0.406. The van der Waals surface area contributed by atoms with E-state index in [9.17, 15) is 13.2 Å². The molecule has 0 aliphatic rings. The molecule has 0 saturated heterocycles. The molecule has 0 bridgehead atoms. The number of hydrogen-bond acceptors (Lipinski definition) is 3. The van der Waals surface area contributed by atoms with E-state index in [4.69, 9.17) is 16.7 Å². The van der Waals surface area contributed by atoms with Crippen LogP contribution in [0.15, 0.2) is 23.1 Å². The Morgan fingerprint density at radius 3 is 2.53 bits per heavy atom. The molecule has 1 aromatic carbocycles. The minimum Gasteiger partial charge on any atom is -0.355 e. The highest BCUT2D eigenvalue weighted by molar-refractivity contribution is 7.89. The SMILES string of the molecule is CNC(=O)c1ccc(Cl)c(S(N)(=O)=O)c1. The summed E-state index contributed by atoms with van der Waals surface area (Å²) < 4.78 is 22.2. The van der Waals surface area contributed by atoms with Gasteiger partial charge in [0.05, 0.1) is 5.02 Å². The minimum atomic E-state index is -3.91. The number of sulfonamides is 1. The first-order valence-electron chi connectivity index (χ1n) is 3.90. The fraction of sp³-hybridized carbons (Fsp3) is 0.125. The molecule has 82 valence electrons. The maximum absolute atomic E-state index is 11.2. The van der Waals surface area contributed by atoms with Crippen LogP contribution in [0, 0.1) is 0 Å². The van der Waals surface area contributed by atoms with Crippen LogP contribution in [0.1, 0.15) is 10.4 Å². The van der Waals surface area contributed by atoms with E-state index < -0.39 is 15.9 Å². The van der Waals surface area contributed by atoms with Gasteiger partial charge in [0.2, 0.25) is 10.0 Å². The molecule has 0 heterocycles. The van der Waals surface area contributed by atoms with E-state index >= 15 is 0 Å². The van der Waals surface area contributed by atoms with Crippen molar-refractivity contribution in [3.8, 4) is 0 Å². The van der Waals surface area contributed by atoms with Crippen LogP contribution in [-0.4, -0.2) is 21.4 Å². The van der Waals surface area contributed by atoms with Gasteiger partial charge in [-0.1, -0.05) is 11.6 Å². The van der Waals surface area contributed by atoms with Gasteiger partial charge in [-0.2, -0.15) is 0 Å². The molecule has 15 heavy (non-hydrogen) atoms. The molecule has 0 aliphatic heterocycles. The molecule has 0 aromatic heterocycles. The third-order valence-corrected chi connectivity index (χ3v) is 3.12. The van der Waals surface area contributed by atoms with Crippen LogP contribution in [0.2, 0.25) is 5.02 Å². The summed E-state index contributed by atoms with van der Waals surface area (Å²) in [7, 11) is -2.47. The van der Waals surface area contributed by atoms with Gasteiger partial charge in [-0.3, -0.25) is 4.79 Å². The Hall–Kier alpha value is -1.11. The summed E-state index contributed by atoms with van der Waals surface area (Å²) in [6.07, 6.45) is 0. The summed E-state index contributed by atoms with van der Waals surface area (Å²) >= 11 is 5.64. The molecule has 0 radical (unpaired) electrons. The van der Waals surface area contributed by atoms with Gasteiger partial charge in [-0.25, -0.2) is 13.6 Å². The average molecular weight is 249 g/mol. The number of nitrogens with one attached hydrogen (secondary N) is 1. The van der Waals surface area contributed by atoms with E-state index in [1.165, 1.54) is 19.2 Å². The summed E-state index contributed by atoms with van der Waals surface area (Å²) in [6, 6.07) is 3.86. The molecular weight excluding hydrogens is 240 g/mol. The Bertz CT molecular complexity index is 499. The number of benzene rings is 1. The number of carbonyl (C=O) groups excluding carboxylic acids is 1. The second kappa shape index (κ2) is 4.18. The quantitative estimate of drug-likeness (QED) is 0.791.